The van der Waals surface area contributed by atoms with Gasteiger partial charge in [0.2, 0.25) is 0 Å². The number of rotatable bonds is 3. The molecule has 0 bridgehead atoms. The van der Waals surface area contributed by atoms with Gasteiger partial charge in [0.05, 0.1) is 11.7 Å². The number of ether oxygens (including phenoxy) is 1. The molecule has 1 heterocycles. The Bertz CT molecular complexity index is 823. The number of para-hydroxylation sites is 1. The lowest BCUT2D eigenvalue weighted by molar-refractivity contribution is 0.367. The molecule has 120 valence electrons. The summed E-state index contributed by atoms with van der Waals surface area (Å²) in [5, 5.41) is 12.3. The summed E-state index contributed by atoms with van der Waals surface area (Å²) < 4.78 is 6.47. The first-order valence-corrected chi connectivity index (χ1v) is 8.88. The molecule has 1 aliphatic carbocycles. The molecule has 2 aromatic carbocycles. The highest BCUT2D eigenvalue weighted by Crippen LogP contribution is 2.51. The van der Waals surface area contributed by atoms with Crippen molar-refractivity contribution in [2.75, 3.05) is 11.9 Å². The van der Waals surface area contributed by atoms with Gasteiger partial charge < -0.3 is 10.1 Å². The maximum absolute atomic E-state index is 8.61. The van der Waals surface area contributed by atoms with Crippen molar-refractivity contribution in [2.45, 2.75) is 18.4 Å². The highest BCUT2D eigenvalue weighted by Gasteiger charge is 2.38. The van der Waals surface area contributed by atoms with E-state index in [4.69, 9.17) is 10.00 Å². The summed E-state index contributed by atoms with van der Waals surface area (Å²) in [6.07, 6.45) is 5.72. The molecule has 0 aromatic heterocycles. The Morgan fingerprint density at radius 1 is 1.21 bits per heavy atom. The van der Waals surface area contributed by atoms with Gasteiger partial charge in [0, 0.05) is 10.4 Å². The molecule has 0 unspecified atom stereocenters. The molecule has 4 rings (SSSR count). The summed E-state index contributed by atoms with van der Waals surface area (Å²) in [7, 11) is 0. The minimum Gasteiger partial charge on any atom is -0.479 e. The summed E-state index contributed by atoms with van der Waals surface area (Å²) in [6.45, 7) is 0.0793. The Morgan fingerprint density at radius 2 is 2.04 bits per heavy atom. The average molecular weight is 381 g/mol. The Morgan fingerprint density at radius 3 is 2.83 bits per heavy atom. The second-order valence-electron chi connectivity index (χ2n) is 6.20. The predicted molar refractivity (Wildman–Crippen MR) is 98.0 cm³/mol. The van der Waals surface area contributed by atoms with Crippen LogP contribution in [0.15, 0.2) is 59.1 Å². The van der Waals surface area contributed by atoms with Crippen molar-refractivity contribution in [1.29, 1.82) is 5.26 Å². The molecule has 0 spiro atoms. The number of nitrogens with one attached hydrogen (secondary N) is 1. The summed E-state index contributed by atoms with van der Waals surface area (Å²) in [6, 6.07) is 16.8. The van der Waals surface area contributed by atoms with E-state index < -0.39 is 0 Å². The van der Waals surface area contributed by atoms with Crippen molar-refractivity contribution < 1.29 is 4.74 Å². The lowest BCUT2D eigenvalue weighted by atomic mass is 9.77. The van der Waals surface area contributed by atoms with Gasteiger partial charge in [-0.15, -0.1) is 0 Å². The number of hydrogen-bond donors (Lipinski definition) is 1. The SMILES string of the molecule is N#CCOc1ccc([C@@H]2Nc3c(Br)cccc3[C@H]3C=CC[C@@H]32)cc1. The van der Waals surface area contributed by atoms with Gasteiger partial charge >= 0.3 is 0 Å². The van der Waals surface area contributed by atoms with E-state index in [0.717, 1.165) is 16.6 Å². The highest BCUT2D eigenvalue weighted by atomic mass is 79.9. The van der Waals surface area contributed by atoms with E-state index in [1.54, 1.807) is 0 Å². The molecule has 3 nitrogen and oxygen atoms in total. The quantitative estimate of drug-likeness (QED) is 0.746. The number of fused-ring (bicyclic) bond motifs is 3. The van der Waals surface area contributed by atoms with Gasteiger partial charge in [-0.3, -0.25) is 0 Å². The Hall–Kier alpha value is -2.25. The molecule has 24 heavy (non-hydrogen) atoms. The number of benzene rings is 2. The first kappa shape index (κ1) is 15.3. The first-order valence-electron chi connectivity index (χ1n) is 8.09. The third-order valence-corrected chi connectivity index (χ3v) is 5.55. The van der Waals surface area contributed by atoms with Crippen LogP contribution in [0, 0.1) is 17.2 Å². The van der Waals surface area contributed by atoms with E-state index in [2.05, 4.69) is 63.7 Å². The fourth-order valence-corrected chi connectivity index (χ4v) is 4.30. The number of nitriles is 1. The van der Waals surface area contributed by atoms with E-state index >= 15 is 0 Å². The minimum absolute atomic E-state index is 0.0793. The van der Waals surface area contributed by atoms with E-state index in [1.165, 1.54) is 16.8 Å². The molecule has 2 aliphatic rings. The van der Waals surface area contributed by atoms with Crippen molar-refractivity contribution in [3.05, 3.63) is 70.2 Å². The normalized spacial score (nSPS) is 23.8. The molecule has 0 radical (unpaired) electrons. The number of nitrogens with zero attached hydrogens (tertiary/aromatic N) is 1. The van der Waals surface area contributed by atoms with Crippen LogP contribution in [0.1, 0.15) is 29.5 Å². The number of anilines is 1. The van der Waals surface area contributed by atoms with E-state index in [9.17, 15) is 0 Å². The van der Waals surface area contributed by atoms with Gasteiger partial charge in [0.25, 0.3) is 0 Å². The smallest absolute Gasteiger partial charge is 0.174 e. The monoisotopic (exact) mass is 380 g/mol. The Labute approximate surface area is 150 Å². The molecule has 1 aliphatic heterocycles. The maximum Gasteiger partial charge on any atom is 0.174 e. The lowest BCUT2D eigenvalue weighted by Crippen LogP contribution is -2.29. The molecule has 4 heteroatoms. The largest absolute Gasteiger partial charge is 0.479 e. The van der Waals surface area contributed by atoms with Crippen molar-refractivity contribution in [1.82, 2.24) is 0 Å². The fraction of sp³-hybridized carbons (Fsp3) is 0.250. The molecule has 0 saturated heterocycles. The molecular formula is C20H17BrN2O. The second kappa shape index (κ2) is 6.33. The molecular weight excluding hydrogens is 364 g/mol. The van der Waals surface area contributed by atoms with Crippen molar-refractivity contribution in [2.24, 2.45) is 5.92 Å². The third kappa shape index (κ3) is 2.59. The van der Waals surface area contributed by atoms with Crippen LogP contribution >= 0.6 is 15.9 Å². The average Bonchev–Trinajstić information content (AvgIpc) is 3.10. The topological polar surface area (TPSA) is 45.0 Å². The minimum atomic E-state index is 0.0793. The third-order valence-electron chi connectivity index (χ3n) is 4.89. The van der Waals surface area contributed by atoms with Crippen LogP contribution in [0.2, 0.25) is 0 Å². The van der Waals surface area contributed by atoms with Crippen LogP contribution in [0.4, 0.5) is 5.69 Å². The van der Waals surface area contributed by atoms with Gasteiger partial charge in [-0.1, -0.05) is 36.4 Å². The standard InChI is InChI=1S/C20H17BrN2O/c21-18-6-2-5-17-15-3-1-4-16(15)19(23-20(17)18)13-7-9-14(10-8-13)24-12-11-22/h1-3,5-10,15-16,19,23H,4,12H2/t15-,16-,19-/m0/s1. The van der Waals surface area contributed by atoms with Crippen LogP contribution in [0.25, 0.3) is 0 Å². The molecule has 1 N–H and O–H groups in total. The molecule has 3 atom stereocenters. The van der Waals surface area contributed by atoms with Crippen LogP contribution in [0.5, 0.6) is 5.75 Å². The number of hydrogen-bond acceptors (Lipinski definition) is 3. The number of allylic oxidation sites excluding steroid dienone is 2. The fourth-order valence-electron chi connectivity index (χ4n) is 3.80. The molecule has 0 fully saturated rings. The van der Waals surface area contributed by atoms with E-state index in [0.29, 0.717) is 11.8 Å². The molecule has 0 saturated carbocycles. The summed E-state index contributed by atoms with van der Waals surface area (Å²) in [5.41, 5.74) is 3.81. The van der Waals surface area contributed by atoms with Crippen LogP contribution < -0.4 is 10.1 Å². The molecule has 2 aromatic rings. The molecule has 0 amide bonds. The van der Waals surface area contributed by atoms with Gasteiger partial charge in [-0.25, -0.2) is 0 Å². The second-order valence-corrected chi connectivity index (χ2v) is 7.05. The van der Waals surface area contributed by atoms with E-state index in [1.807, 2.05) is 18.2 Å². The van der Waals surface area contributed by atoms with Gasteiger partial charge in [0.1, 0.15) is 11.8 Å². The lowest BCUT2D eigenvalue weighted by Gasteiger charge is -2.38. The van der Waals surface area contributed by atoms with E-state index in [-0.39, 0.29) is 12.6 Å². The summed E-state index contributed by atoms with van der Waals surface area (Å²) in [4.78, 5) is 0. The number of halogens is 1. The summed E-state index contributed by atoms with van der Waals surface area (Å²) >= 11 is 3.68. The zero-order valence-corrected chi connectivity index (χ0v) is 14.7. The first-order chi connectivity index (χ1) is 11.8. The van der Waals surface area contributed by atoms with Crippen molar-refractivity contribution >= 4 is 21.6 Å². The van der Waals surface area contributed by atoms with Crippen LogP contribution in [0.3, 0.4) is 0 Å². The van der Waals surface area contributed by atoms with Gasteiger partial charge in [-0.2, -0.15) is 5.26 Å². The maximum atomic E-state index is 8.61. The van der Waals surface area contributed by atoms with Crippen molar-refractivity contribution in [3.63, 3.8) is 0 Å². The van der Waals surface area contributed by atoms with Crippen LogP contribution in [-0.4, -0.2) is 6.61 Å². The summed E-state index contributed by atoms with van der Waals surface area (Å²) in [5.74, 6) is 1.72. The van der Waals surface area contributed by atoms with Crippen LogP contribution in [-0.2, 0) is 0 Å². The zero-order valence-electron chi connectivity index (χ0n) is 13.1. The zero-order chi connectivity index (χ0) is 16.5. The van der Waals surface area contributed by atoms with Crippen molar-refractivity contribution in [3.8, 4) is 11.8 Å². The Kier molecular flexibility index (Phi) is 4.03. The van der Waals surface area contributed by atoms with Gasteiger partial charge in [0.15, 0.2) is 6.61 Å². The Balaban J connectivity index is 1.67. The van der Waals surface area contributed by atoms with Gasteiger partial charge in [-0.05, 0) is 57.6 Å². The highest BCUT2D eigenvalue weighted by molar-refractivity contribution is 9.10. The predicted octanol–water partition coefficient (Wildman–Crippen LogP) is 5.18.